The average molecular weight is 296 g/mol. The number of benzene rings is 2. The molecule has 0 radical (unpaired) electrons. The molecule has 0 fully saturated rings. The maximum atomic E-state index is 2.32. The van der Waals surface area contributed by atoms with Crippen LogP contribution in [0.4, 0.5) is 0 Å². The zero-order valence-corrected chi connectivity index (χ0v) is 15.6. The summed E-state index contributed by atoms with van der Waals surface area (Å²) in [6.07, 6.45) is 0. The molecule has 2 rings (SSSR count). The van der Waals surface area contributed by atoms with Gasteiger partial charge in [0.1, 0.15) is 0 Å². The van der Waals surface area contributed by atoms with Crippen molar-refractivity contribution in [2.24, 2.45) is 0 Å². The number of rotatable bonds is 1. The topological polar surface area (TPSA) is 0 Å². The first-order valence-corrected chi connectivity index (χ1v) is 8.39. The fourth-order valence-corrected chi connectivity index (χ4v) is 2.33. The molecule has 2 aromatic carbocycles. The summed E-state index contributed by atoms with van der Waals surface area (Å²) in [5, 5.41) is 0. The third kappa shape index (κ3) is 4.73. The second kappa shape index (κ2) is 7.13. The molecule has 0 nitrogen and oxygen atoms in total. The van der Waals surface area contributed by atoms with Crippen LogP contribution in [0.5, 0.6) is 0 Å². The summed E-state index contributed by atoms with van der Waals surface area (Å²) in [6.45, 7) is 17.6. The molecular weight excluding hydrogens is 264 g/mol. The Bertz CT molecular complexity index is 536. The van der Waals surface area contributed by atoms with E-state index in [-0.39, 0.29) is 10.8 Å². The van der Waals surface area contributed by atoms with E-state index in [9.17, 15) is 0 Å². The van der Waals surface area contributed by atoms with Gasteiger partial charge in [-0.15, -0.1) is 0 Å². The Balaban J connectivity index is 0.00000116. The van der Waals surface area contributed by atoms with Crippen LogP contribution in [-0.4, -0.2) is 0 Å². The van der Waals surface area contributed by atoms with Crippen molar-refractivity contribution in [1.29, 1.82) is 0 Å². The summed E-state index contributed by atoms with van der Waals surface area (Å²) in [5.74, 6) is 0. The van der Waals surface area contributed by atoms with Crippen LogP contribution in [0.3, 0.4) is 0 Å². The average Bonchev–Trinajstić information content (AvgIpc) is 2.48. The van der Waals surface area contributed by atoms with Gasteiger partial charge < -0.3 is 0 Å². The summed E-state index contributed by atoms with van der Waals surface area (Å²) in [5.41, 5.74) is 5.77. The van der Waals surface area contributed by atoms with Gasteiger partial charge in [-0.05, 0) is 33.1 Å². The molecule has 0 heterocycles. The second-order valence-electron chi connectivity index (χ2n) is 7.66. The largest absolute Gasteiger partial charge is 0.0683 e. The molecule has 0 heteroatoms. The minimum absolute atomic E-state index is 0.192. The molecule has 0 aromatic heterocycles. The Morgan fingerprint density at radius 2 is 0.864 bits per heavy atom. The summed E-state index contributed by atoms with van der Waals surface area (Å²) < 4.78 is 0. The fraction of sp³-hybridized carbons (Fsp3) is 0.455. The van der Waals surface area contributed by atoms with Crippen molar-refractivity contribution < 1.29 is 0 Å². The van der Waals surface area contributed by atoms with E-state index in [2.05, 4.69) is 90.1 Å². The molecule has 0 aliphatic rings. The van der Waals surface area contributed by atoms with Gasteiger partial charge >= 0.3 is 0 Å². The van der Waals surface area contributed by atoms with E-state index in [0.29, 0.717) is 0 Å². The summed E-state index contributed by atoms with van der Waals surface area (Å²) in [7, 11) is 0. The molecule has 0 N–H and O–H groups in total. The summed E-state index contributed by atoms with van der Waals surface area (Å²) in [6, 6.07) is 17.8. The number of hydrogen-bond donors (Lipinski definition) is 0. The molecule has 0 amide bonds. The first-order valence-electron chi connectivity index (χ1n) is 8.39. The maximum Gasteiger partial charge on any atom is -0.0132 e. The third-order valence-electron chi connectivity index (χ3n) is 3.79. The van der Waals surface area contributed by atoms with Gasteiger partial charge in [-0.1, -0.05) is 104 Å². The van der Waals surface area contributed by atoms with E-state index in [1.165, 1.54) is 22.3 Å². The van der Waals surface area contributed by atoms with Gasteiger partial charge in [-0.2, -0.15) is 0 Å². The van der Waals surface area contributed by atoms with E-state index in [1.807, 2.05) is 13.8 Å². The van der Waals surface area contributed by atoms with Crippen LogP contribution in [0.1, 0.15) is 66.5 Å². The Morgan fingerprint density at radius 1 is 0.545 bits per heavy atom. The highest BCUT2D eigenvalue weighted by atomic mass is 14.2. The van der Waals surface area contributed by atoms with Crippen molar-refractivity contribution in [3.8, 4) is 11.1 Å². The molecule has 0 spiro atoms. The molecule has 0 unspecified atom stereocenters. The van der Waals surface area contributed by atoms with Crippen molar-refractivity contribution >= 4 is 0 Å². The lowest BCUT2D eigenvalue weighted by atomic mass is 9.83. The van der Waals surface area contributed by atoms with Crippen LogP contribution >= 0.6 is 0 Å². The van der Waals surface area contributed by atoms with E-state index in [4.69, 9.17) is 0 Å². The van der Waals surface area contributed by atoms with Crippen LogP contribution in [0.25, 0.3) is 11.1 Å². The molecular formula is C22H32. The van der Waals surface area contributed by atoms with Crippen molar-refractivity contribution in [2.75, 3.05) is 0 Å². The molecule has 0 bridgehead atoms. The lowest BCUT2D eigenvalue weighted by Crippen LogP contribution is -2.11. The van der Waals surface area contributed by atoms with Crippen molar-refractivity contribution in [1.82, 2.24) is 0 Å². The highest BCUT2D eigenvalue weighted by Gasteiger charge is 2.16. The molecule has 0 aliphatic heterocycles. The van der Waals surface area contributed by atoms with Crippen molar-refractivity contribution in [2.45, 2.75) is 66.2 Å². The van der Waals surface area contributed by atoms with Gasteiger partial charge in [0.2, 0.25) is 0 Å². The summed E-state index contributed by atoms with van der Waals surface area (Å²) >= 11 is 0. The lowest BCUT2D eigenvalue weighted by molar-refractivity contribution is 0.589. The first-order chi connectivity index (χ1) is 10.2. The predicted octanol–water partition coefficient (Wildman–Crippen LogP) is 6.97. The van der Waals surface area contributed by atoms with Crippen molar-refractivity contribution in [3.63, 3.8) is 0 Å². The van der Waals surface area contributed by atoms with Gasteiger partial charge in [0.05, 0.1) is 0 Å². The zero-order valence-electron chi connectivity index (χ0n) is 15.6. The van der Waals surface area contributed by atoms with Crippen LogP contribution in [-0.2, 0) is 10.8 Å². The minimum atomic E-state index is 0.192. The highest BCUT2D eigenvalue weighted by molar-refractivity contribution is 5.65. The smallest absolute Gasteiger partial charge is 0.0132 e. The number of hydrogen-bond acceptors (Lipinski definition) is 0. The normalized spacial score (nSPS) is 11.6. The van der Waals surface area contributed by atoms with Gasteiger partial charge in [-0.25, -0.2) is 0 Å². The minimum Gasteiger partial charge on any atom is -0.0683 e. The van der Waals surface area contributed by atoms with E-state index >= 15 is 0 Å². The Hall–Kier alpha value is -1.56. The Morgan fingerprint density at radius 3 is 1.14 bits per heavy atom. The van der Waals surface area contributed by atoms with E-state index in [0.717, 1.165) is 0 Å². The Kier molecular flexibility index (Phi) is 6.00. The van der Waals surface area contributed by atoms with E-state index in [1.54, 1.807) is 0 Å². The highest BCUT2D eigenvalue weighted by Crippen LogP contribution is 2.30. The van der Waals surface area contributed by atoms with Crippen LogP contribution in [0.2, 0.25) is 0 Å². The van der Waals surface area contributed by atoms with Gasteiger partial charge in [0.25, 0.3) is 0 Å². The summed E-state index contributed by atoms with van der Waals surface area (Å²) in [4.78, 5) is 0. The predicted molar refractivity (Wildman–Crippen MR) is 101 cm³/mol. The van der Waals surface area contributed by atoms with Gasteiger partial charge in [0.15, 0.2) is 0 Å². The molecule has 0 saturated carbocycles. The SMILES string of the molecule is CC.CC(C)(C)c1cccc(-c2cccc(C(C)(C)C)c2)c1. The molecule has 0 aliphatic carbocycles. The zero-order chi connectivity index (χ0) is 17.0. The maximum absolute atomic E-state index is 2.32. The lowest BCUT2D eigenvalue weighted by Gasteiger charge is -2.21. The third-order valence-corrected chi connectivity index (χ3v) is 3.79. The fourth-order valence-electron chi connectivity index (χ4n) is 2.33. The van der Waals surface area contributed by atoms with E-state index < -0.39 is 0 Å². The van der Waals surface area contributed by atoms with Crippen LogP contribution in [0.15, 0.2) is 48.5 Å². The molecule has 2 aromatic rings. The molecule has 0 atom stereocenters. The molecule has 120 valence electrons. The molecule has 0 saturated heterocycles. The van der Waals surface area contributed by atoms with Crippen LogP contribution in [0, 0.1) is 0 Å². The second-order valence-corrected chi connectivity index (χ2v) is 7.66. The van der Waals surface area contributed by atoms with Gasteiger partial charge in [-0.3, -0.25) is 0 Å². The van der Waals surface area contributed by atoms with Gasteiger partial charge in [0, 0.05) is 0 Å². The first kappa shape index (κ1) is 18.5. The quantitative estimate of drug-likeness (QED) is 0.532. The standard InChI is InChI=1S/C20H26.C2H6/c1-19(2,3)17-11-7-9-15(13-17)16-10-8-12-18(14-16)20(4,5)6;1-2/h7-14H,1-6H3;1-2H3. The van der Waals surface area contributed by atoms with Crippen molar-refractivity contribution in [3.05, 3.63) is 59.7 Å². The molecule has 22 heavy (non-hydrogen) atoms. The monoisotopic (exact) mass is 296 g/mol. The Labute approximate surface area is 137 Å². The van der Waals surface area contributed by atoms with Crippen LogP contribution < -0.4 is 0 Å².